The summed E-state index contributed by atoms with van der Waals surface area (Å²) in [5, 5.41) is 2.98. The second-order valence-corrected chi connectivity index (χ2v) is 6.02. The van der Waals surface area contributed by atoms with E-state index in [2.05, 4.69) is 25.2 Å². The molecule has 128 valence electrons. The molecule has 4 rings (SSSR count). The molecule has 0 aromatic carbocycles. The maximum absolute atomic E-state index is 12.5. The van der Waals surface area contributed by atoms with Gasteiger partial charge in [-0.15, -0.1) is 0 Å². The van der Waals surface area contributed by atoms with Crippen LogP contribution in [0.2, 0.25) is 0 Å². The van der Waals surface area contributed by atoms with Crippen molar-refractivity contribution in [3.63, 3.8) is 0 Å². The molecule has 4 heterocycles. The van der Waals surface area contributed by atoms with E-state index in [9.17, 15) is 4.79 Å². The van der Waals surface area contributed by atoms with Gasteiger partial charge in [0, 0.05) is 57.2 Å². The number of hydrogen-bond donors (Lipinski definition) is 1. The van der Waals surface area contributed by atoms with Crippen molar-refractivity contribution in [2.75, 3.05) is 36.4 Å². The Balaban J connectivity index is 1.40. The number of imidazole rings is 1. The Labute approximate surface area is 145 Å². The Morgan fingerprint density at radius 1 is 1.08 bits per heavy atom. The number of aromatic nitrogens is 4. The number of piperazine rings is 1. The quantitative estimate of drug-likeness (QED) is 0.771. The van der Waals surface area contributed by atoms with Crippen LogP contribution in [0.25, 0.3) is 5.65 Å². The maximum Gasteiger partial charge on any atom is 0.322 e. The van der Waals surface area contributed by atoms with Crippen LogP contribution in [0.15, 0.2) is 43.1 Å². The summed E-state index contributed by atoms with van der Waals surface area (Å²) in [6.07, 6.45) is 8.96. The largest absolute Gasteiger partial charge is 0.337 e. The van der Waals surface area contributed by atoms with Crippen LogP contribution in [-0.2, 0) is 0 Å². The Morgan fingerprint density at radius 2 is 1.84 bits per heavy atom. The molecule has 0 unspecified atom stereocenters. The number of amides is 2. The minimum atomic E-state index is -0.0903. The zero-order chi connectivity index (χ0) is 17.2. The second kappa shape index (κ2) is 6.39. The molecule has 1 saturated heterocycles. The van der Waals surface area contributed by atoms with Gasteiger partial charge in [0.05, 0.1) is 5.69 Å². The van der Waals surface area contributed by atoms with E-state index in [1.165, 1.54) is 0 Å². The first-order valence-corrected chi connectivity index (χ1v) is 8.22. The fourth-order valence-electron chi connectivity index (χ4n) is 3.04. The number of rotatable bonds is 2. The van der Waals surface area contributed by atoms with Gasteiger partial charge >= 0.3 is 6.03 Å². The molecule has 0 spiro atoms. The lowest BCUT2D eigenvalue weighted by atomic mass is 10.2. The number of nitrogens with one attached hydrogen (secondary N) is 1. The Kier molecular flexibility index (Phi) is 3.93. The second-order valence-electron chi connectivity index (χ2n) is 6.02. The smallest absolute Gasteiger partial charge is 0.322 e. The van der Waals surface area contributed by atoms with Gasteiger partial charge in [-0.2, -0.15) is 0 Å². The van der Waals surface area contributed by atoms with Crippen molar-refractivity contribution in [1.29, 1.82) is 0 Å². The lowest BCUT2D eigenvalue weighted by Crippen LogP contribution is -2.50. The number of anilines is 2. The molecule has 3 aromatic rings. The molecule has 0 atom stereocenters. The number of urea groups is 1. The zero-order valence-corrected chi connectivity index (χ0v) is 14.0. The third-order valence-corrected chi connectivity index (χ3v) is 4.32. The molecule has 1 N–H and O–H groups in total. The van der Waals surface area contributed by atoms with Gasteiger partial charge in [-0.1, -0.05) is 0 Å². The van der Waals surface area contributed by atoms with Gasteiger partial charge in [0.25, 0.3) is 0 Å². The van der Waals surface area contributed by atoms with Crippen LogP contribution in [0, 0.1) is 6.92 Å². The standard InChI is InChI=1S/C17H19N7O/c1-13-11-14(12-24-6-5-18-15(13)24)21-17(25)23-9-7-22(8-10-23)16-19-3-2-4-20-16/h2-6,11-12H,7-10H2,1H3,(H,21,25). The summed E-state index contributed by atoms with van der Waals surface area (Å²) in [7, 11) is 0. The van der Waals surface area contributed by atoms with Crippen molar-refractivity contribution in [3.05, 3.63) is 48.7 Å². The van der Waals surface area contributed by atoms with Crippen molar-refractivity contribution < 1.29 is 4.79 Å². The number of carbonyl (C=O) groups is 1. The highest BCUT2D eigenvalue weighted by molar-refractivity contribution is 5.89. The molecule has 1 aliphatic rings. The Bertz CT molecular complexity index is 884. The minimum Gasteiger partial charge on any atom is -0.337 e. The summed E-state index contributed by atoms with van der Waals surface area (Å²) >= 11 is 0. The first-order valence-electron chi connectivity index (χ1n) is 8.22. The molecule has 0 bridgehead atoms. The van der Waals surface area contributed by atoms with Crippen LogP contribution in [0.3, 0.4) is 0 Å². The van der Waals surface area contributed by atoms with E-state index in [1.54, 1.807) is 24.7 Å². The van der Waals surface area contributed by atoms with Gasteiger partial charge in [-0.3, -0.25) is 0 Å². The lowest BCUT2D eigenvalue weighted by molar-refractivity contribution is 0.208. The molecule has 25 heavy (non-hydrogen) atoms. The van der Waals surface area contributed by atoms with E-state index in [0.29, 0.717) is 19.0 Å². The van der Waals surface area contributed by atoms with Crippen molar-refractivity contribution in [3.8, 4) is 0 Å². The number of aryl methyl sites for hydroxylation is 1. The van der Waals surface area contributed by atoms with Gasteiger partial charge in [0.15, 0.2) is 0 Å². The number of hydrogen-bond acceptors (Lipinski definition) is 5. The summed E-state index contributed by atoms with van der Waals surface area (Å²) in [5.74, 6) is 0.712. The first kappa shape index (κ1) is 15.4. The van der Waals surface area contributed by atoms with Crippen molar-refractivity contribution >= 4 is 23.3 Å². The van der Waals surface area contributed by atoms with E-state index in [4.69, 9.17) is 0 Å². The van der Waals surface area contributed by atoms with Gasteiger partial charge in [-0.25, -0.2) is 19.7 Å². The number of fused-ring (bicyclic) bond motifs is 1. The average molecular weight is 337 g/mol. The van der Waals surface area contributed by atoms with E-state index in [1.807, 2.05) is 34.7 Å². The van der Waals surface area contributed by atoms with Gasteiger partial charge in [0.1, 0.15) is 5.65 Å². The summed E-state index contributed by atoms with van der Waals surface area (Å²) < 4.78 is 1.91. The number of pyridine rings is 1. The predicted octanol–water partition coefficient (Wildman–Crippen LogP) is 1.79. The lowest BCUT2D eigenvalue weighted by Gasteiger charge is -2.34. The van der Waals surface area contributed by atoms with Crippen LogP contribution in [0.4, 0.5) is 16.4 Å². The van der Waals surface area contributed by atoms with Crippen molar-refractivity contribution in [1.82, 2.24) is 24.3 Å². The fraction of sp³-hybridized carbons (Fsp3) is 0.294. The van der Waals surface area contributed by atoms with Crippen LogP contribution < -0.4 is 10.2 Å². The highest BCUT2D eigenvalue weighted by Gasteiger charge is 2.22. The normalized spacial score (nSPS) is 14.8. The molecular formula is C17H19N7O. The molecule has 0 radical (unpaired) electrons. The van der Waals surface area contributed by atoms with Crippen molar-refractivity contribution in [2.45, 2.75) is 6.92 Å². The van der Waals surface area contributed by atoms with E-state index in [0.717, 1.165) is 30.0 Å². The summed E-state index contributed by atoms with van der Waals surface area (Å²) in [5.41, 5.74) is 2.69. The highest BCUT2D eigenvalue weighted by Crippen LogP contribution is 2.16. The van der Waals surface area contributed by atoms with E-state index >= 15 is 0 Å². The number of nitrogens with zero attached hydrogens (tertiary/aromatic N) is 6. The van der Waals surface area contributed by atoms with Gasteiger partial charge in [-0.05, 0) is 24.6 Å². The van der Waals surface area contributed by atoms with Crippen LogP contribution in [0.5, 0.6) is 0 Å². The maximum atomic E-state index is 12.5. The SMILES string of the molecule is Cc1cc(NC(=O)N2CCN(c3ncccn3)CC2)cn2ccnc12. The van der Waals surface area contributed by atoms with Crippen LogP contribution in [-0.4, -0.2) is 56.5 Å². The number of carbonyl (C=O) groups excluding carboxylic acids is 1. The average Bonchev–Trinajstić information content (AvgIpc) is 3.12. The Morgan fingerprint density at radius 3 is 2.60 bits per heavy atom. The van der Waals surface area contributed by atoms with Crippen LogP contribution >= 0.6 is 0 Å². The molecule has 0 saturated carbocycles. The molecule has 1 fully saturated rings. The predicted molar refractivity (Wildman–Crippen MR) is 94.8 cm³/mol. The molecule has 3 aromatic heterocycles. The molecule has 1 aliphatic heterocycles. The van der Waals surface area contributed by atoms with Crippen LogP contribution in [0.1, 0.15) is 5.56 Å². The summed E-state index contributed by atoms with van der Waals surface area (Å²) in [6, 6.07) is 3.65. The van der Waals surface area contributed by atoms with E-state index < -0.39 is 0 Å². The molecule has 8 heteroatoms. The molecule has 8 nitrogen and oxygen atoms in total. The summed E-state index contributed by atoms with van der Waals surface area (Å²) in [4.78, 5) is 29.2. The van der Waals surface area contributed by atoms with Gasteiger partial charge in [0.2, 0.25) is 5.95 Å². The summed E-state index contributed by atoms with van der Waals surface area (Å²) in [6.45, 7) is 4.69. The fourth-order valence-corrected chi connectivity index (χ4v) is 3.04. The molecular weight excluding hydrogens is 318 g/mol. The molecule has 2 amide bonds. The third-order valence-electron chi connectivity index (χ3n) is 4.32. The molecule has 0 aliphatic carbocycles. The monoisotopic (exact) mass is 337 g/mol. The minimum absolute atomic E-state index is 0.0903. The topological polar surface area (TPSA) is 78.7 Å². The third kappa shape index (κ3) is 3.10. The van der Waals surface area contributed by atoms with Gasteiger partial charge < -0.3 is 19.5 Å². The zero-order valence-electron chi connectivity index (χ0n) is 14.0. The highest BCUT2D eigenvalue weighted by atomic mass is 16.2. The van der Waals surface area contributed by atoms with Crippen molar-refractivity contribution in [2.24, 2.45) is 0 Å². The van der Waals surface area contributed by atoms with E-state index in [-0.39, 0.29) is 6.03 Å². The first-order chi connectivity index (χ1) is 12.2. The Hall–Kier alpha value is -3.16.